The highest BCUT2D eigenvalue weighted by Crippen LogP contribution is 2.37. The summed E-state index contributed by atoms with van der Waals surface area (Å²) in [5.41, 5.74) is 0. The van der Waals surface area contributed by atoms with E-state index in [-0.39, 0.29) is 5.04 Å². The zero-order valence-corrected chi connectivity index (χ0v) is 20.9. The Morgan fingerprint density at radius 1 is 0.786 bits per heavy atom. The molecule has 0 rings (SSSR count). The summed E-state index contributed by atoms with van der Waals surface area (Å²) >= 11 is 0. The lowest BCUT2D eigenvalue weighted by Gasteiger charge is -2.38. The molecule has 0 aromatic rings. The molecule has 1 N–H and O–H groups in total. The van der Waals surface area contributed by atoms with Gasteiger partial charge in [-0.2, -0.15) is 0 Å². The maximum Gasteiger partial charge on any atom is 0.331 e. The number of rotatable bonds is 18. The first kappa shape index (κ1) is 27.6. The molecular formula is C24H50O3Si. The molecule has 1 atom stereocenters. The van der Waals surface area contributed by atoms with Gasteiger partial charge in [-0.3, -0.25) is 0 Å². The molecule has 0 aliphatic heterocycles. The molecule has 0 bridgehead atoms. The number of carboxylic acids is 1. The highest BCUT2D eigenvalue weighted by Gasteiger charge is 2.40. The summed E-state index contributed by atoms with van der Waals surface area (Å²) in [7, 11) is -2.02. The Bertz CT molecular complexity index is 388. The van der Waals surface area contributed by atoms with Gasteiger partial charge in [-0.05, 0) is 24.6 Å². The predicted octanol–water partition coefficient (Wildman–Crippen LogP) is 8.33. The van der Waals surface area contributed by atoms with Gasteiger partial charge in [-0.15, -0.1) is 0 Å². The number of carbonyl (C=O) groups is 1. The van der Waals surface area contributed by atoms with Crippen LogP contribution in [-0.2, 0) is 9.22 Å². The molecule has 4 heteroatoms. The van der Waals surface area contributed by atoms with Gasteiger partial charge in [0.15, 0.2) is 8.32 Å². The van der Waals surface area contributed by atoms with Crippen molar-refractivity contribution in [3.8, 4) is 0 Å². The lowest BCUT2D eigenvalue weighted by Crippen LogP contribution is -2.46. The zero-order chi connectivity index (χ0) is 21.5. The fraction of sp³-hybridized carbons (Fsp3) is 0.958. The second kappa shape index (κ2) is 15.5. The Balaban J connectivity index is 3.68. The summed E-state index contributed by atoms with van der Waals surface area (Å²) in [6.45, 7) is 13.0. The minimum Gasteiger partial charge on any atom is -0.479 e. The maximum atomic E-state index is 11.6. The van der Waals surface area contributed by atoms with E-state index in [2.05, 4.69) is 40.8 Å². The van der Waals surface area contributed by atoms with Gasteiger partial charge in [0.2, 0.25) is 0 Å². The van der Waals surface area contributed by atoms with Crippen molar-refractivity contribution in [2.24, 2.45) is 0 Å². The van der Waals surface area contributed by atoms with E-state index in [1.165, 1.54) is 77.0 Å². The molecule has 0 heterocycles. The van der Waals surface area contributed by atoms with Crippen LogP contribution in [0.15, 0.2) is 0 Å². The monoisotopic (exact) mass is 414 g/mol. The summed E-state index contributed by atoms with van der Waals surface area (Å²) in [5.74, 6) is -0.792. The van der Waals surface area contributed by atoms with Crippen molar-refractivity contribution in [2.45, 2.75) is 148 Å². The number of aliphatic carboxylic acids is 1. The first-order chi connectivity index (χ1) is 13.1. The number of hydrogen-bond acceptors (Lipinski definition) is 2. The van der Waals surface area contributed by atoms with Gasteiger partial charge in [-0.25, -0.2) is 4.79 Å². The van der Waals surface area contributed by atoms with Gasteiger partial charge in [0.05, 0.1) is 0 Å². The highest BCUT2D eigenvalue weighted by molar-refractivity contribution is 6.74. The van der Waals surface area contributed by atoms with E-state index in [4.69, 9.17) is 4.43 Å². The summed E-state index contributed by atoms with van der Waals surface area (Å²) in [6, 6.07) is 0. The number of carboxylic acid groups (broad SMARTS) is 1. The Kier molecular flexibility index (Phi) is 15.3. The van der Waals surface area contributed by atoms with Gasteiger partial charge >= 0.3 is 5.97 Å². The van der Waals surface area contributed by atoms with Crippen LogP contribution in [0.25, 0.3) is 0 Å². The molecule has 0 fully saturated rings. The van der Waals surface area contributed by atoms with Crippen molar-refractivity contribution in [1.82, 2.24) is 0 Å². The zero-order valence-electron chi connectivity index (χ0n) is 19.9. The Labute approximate surface area is 177 Å². The Morgan fingerprint density at radius 2 is 1.14 bits per heavy atom. The molecule has 0 spiro atoms. The summed E-state index contributed by atoms with van der Waals surface area (Å²) in [4.78, 5) is 11.6. The topological polar surface area (TPSA) is 46.5 Å². The molecule has 3 nitrogen and oxygen atoms in total. The summed E-state index contributed by atoms with van der Waals surface area (Å²) < 4.78 is 6.12. The lowest BCUT2D eigenvalue weighted by molar-refractivity contribution is -0.146. The fourth-order valence-electron chi connectivity index (χ4n) is 3.29. The molecule has 168 valence electrons. The third kappa shape index (κ3) is 13.8. The van der Waals surface area contributed by atoms with Crippen LogP contribution in [0.1, 0.15) is 124 Å². The highest BCUT2D eigenvalue weighted by atomic mass is 28.4. The molecule has 28 heavy (non-hydrogen) atoms. The Morgan fingerprint density at radius 3 is 1.46 bits per heavy atom. The second-order valence-electron chi connectivity index (χ2n) is 10.1. The number of hydrogen-bond donors (Lipinski definition) is 1. The van der Waals surface area contributed by atoms with Crippen molar-refractivity contribution in [1.29, 1.82) is 0 Å². The average molecular weight is 415 g/mol. The van der Waals surface area contributed by atoms with Gasteiger partial charge in [-0.1, -0.05) is 118 Å². The van der Waals surface area contributed by atoms with Crippen LogP contribution in [0.4, 0.5) is 0 Å². The number of unbranched alkanes of at least 4 members (excludes halogenated alkanes) is 13. The molecule has 0 aromatic heterocycles. The largest absolute Gasteiger partial charge is 0.479 e. The van der Waals surface area contributed by atoms with Crippen molar-refractivity contribution in [3.63, 3.8) is 0 Å². The van der Waals surface area contributed by atoms with Crippen molar-refractivity contribution in [3.05, 3.63) is 0 Å². The van der Waals surface area contributed by atoms with E-state index in [9.17, 15) is 9.90 Å². The molecule has 0 saturated heterocycles. The average Bonchev–Trinajstić information content (AvgIpc) is 2.59. The van der Waals surface area contributed by atoms with Crippen LogP contribution >= 0.6 is 0 Å². The van der Waals surface area contributed by atoms with Crippen LogP contribution in [0.2, 0.25) is 18.1 Å². The minimum absolute atomic E-state index is 0.0518. The quantitative estimate of drug-likeness (QED) is 0.181. The van der Waals surface area contributed by atoms with Crippen LogP contribution in [0, 0.1) is 0 Å². The second-order valence-corrected chi connectivity index (χ2v) is 14.8. The first-order valence-electron chi connectivity index (χ1n) is 12.0. The fourth-order valence-corrected chi connectivity index (χ4v) is 4.57. The van der Waals surface area contributed by atoms with E-state index >= 15 is 0 Å². The third-order valence-corrected chi connectivity index (χ3v) is 10.8. The van der Waals surface area contributed by atoms with Crippen molar-refractivity contribution in [2.75, 3.05) is 0 Å². The van der Waals surface area contributed by atoms with Gasteiger partial charge in [0.1, 0.15) is 6.10 Å². The molecule has 0 radical (unpaired) electrons. The van der Waals surface area contributed by atoms with Crippen LogP contribution < -0.4 is 0 Å². The SMILES string of the molecule is CCCCCCCCCCCCCCCCC(O[Si](C)(C)C(C)(C)C)C(=O)O. The normalized spacial score (nSPS) is 13.6. The van der Waals surface area contributed by atoms with Crippen molar-refractivity contribution >= 4 is 14.3 Å². The maximum absolute atomic E-state index is 11.6. The van der Waals surface area contributed by atoms with Crippen LogP contribution in [-0.4, -0.2) is 25.5 Å². The first-order valence-corrected chi connectivity index (χ1v) is 14.9. The third-order valence-electron chi connectivity index (χ3n) is 6.34. The van der Waals surface area contributed by atoms with E-state index in [0.717, 1.165) is 12.8 Å². The van der Waals surface area contributed by atoms with E-state index in [0.29, 0.717) is 6.42 Å². The van der Waals surface area contributed by atoms with E-state index in [1.807, 2.05) is 0 Å². The Hall–Kier alpha value is -0.353. The van der Waals surface area contributed by atoms with Crippen LogP contribution in [0.5, 0.6) is 0 Å². The molecule has 0 amide bonds. The molecule has 0 aliphatic carbocycles. The molecule has 0 aliphatic rings. The van der Waals surface area contributed by atoms with Crippen LogP contribution in [0.3, 0.4) is 0 Å². The van der Waals surface area contributed by atoms with Gasteiger partial charge in [0.25, 0.3) is 0 Å². The lowest BCUT2D eigenvalue weighted by atomic mass is 10.0. The van der Waals surface area contributed by atoms with E-state index in [1.54, 1.807) is 0 Å². The molecular weight excluding hydrogens is 364 g/mol. The predicted molar refractivity (Wildman–Crippen MR) is 125 cm³/mol. The molecule has 0 aromatic carbocycles. The van der Waals surface area contributed by atoms with Gasteiger partial charge < -0.3 is 9.53 Å². The van der Waals surface area contributed by atoms with Crippen molar-refractivity contribution < 1.29 is 14.3 Å². The molecule has 1 unspecified atom stereocenters. The smallest absolute Gasteiger partial charge is 0.331 e. The van der Waals surface area contributed by atoms with E-state index < -0.39 is 20.4 Å². The van der Waals surface area contributed by atoms with Gasteiger partial charge in [0, 0.05) is 0 Å². The molecule has 0 saturated carbocycles. The summed E-state index contributed by atoms with van der Waals surface area (Å²) in [6.07, 6.45) is 18.5. The standard InChI is InChI=1S/C24H50O3Si/c1-7-8-9-10-11-12-13-14-15-16-17-18-19-20-21-22(23(25)26)27-28(5,6)24(2,3)4/h22H,7-21H2,1-6H3,(H,25,26). The minimum atomic E-state index is -2.02. The summed E-state index contributed by atoms with van der Waals surface area (Å²) in [5, 5.41) is 9.56.